The summed E-state index contributed by atoms with van der Waals surface area (Å²) in [7, 11) is 0. The normalized spacial score (nSPS) is 19.6. The fourth-order valence-electron chi connectivity index (χ4n) is 1.69. The van der Waals surface area contributed by atoms with E-state index in [1.165, 1.54) is 0 Å². The SMILES string of the molecule is CC1(OC(=O)C(Br)c2ccccc2)C[NH2+]C1. The maximum absolute atomic E-state index is 11.9. The van der Waals surface area contributed by atoms with E-state index in [0.717, 1.165) is 18.7 Å². The van der Waals surface area contributed by atoms with E-state index in [1.807, 2.05) is 37.3 Å². The minimum absolute atomic E-state index is 0.207. The highest BCUT2D eigenvalue weighted by Crippen LogP contribution is 2.26. The minimum atomic E-state index is -0.369. The molecule has 0 amide bonds. The van der Waals surface area contributed by atoms with Gasteiger partial charge in [-0.2, -0.15) is 0 Å². The monoisotopic (exact) mass is 284 g/mol. The van der Waals surface area contributed by atoms with Crippen molar-refractivity contribution in [3.05, 3.63) is 35.9 Å². The number of benzene rings is 1. The second-order valence-corrected chi connectivity index (χ2v) is 5.26. The molecule has 1 aromatic rings. The highest BCUT2D eigenvalue weighted by atomic mass is 79.9. The topological polar surface area (TPSA) is 42.9 Å². The number of quaternary nitrogens is 1. The molecule has 1 heterocycles. The predicted octanol–water partition coefficient (Wildman–Crippen LogP) is 1.00. The first-order valence-electron chi connectivity index (χ1n) is 5.34. The number of hydrogen-bond donors (Lipinski definition) is 1. The summed E-state index contributed by atoms with van der Waals surface area (Å²) in [6, 6.07) is 9.58. The maximum atomic E-state index is 11.9. The Morgan fingerprint density at radius 3 is 2.56 bits per heavy atom. The number of rotatable bonds is 3. The molecule has 0 radical (unpaired) electrons. The summed E-state index contributed by atoms with van der Waals surface area (Å²) < 4.78 is 5.47. The Bertz CT molecular complexity index is 376. The molecule has 16 heavy (non-hydrogen) atoms. The van der Waals surface area contributed by atoms with Gasteiger partial charge in [0.2, 0.25) is 5.60 Å². The summed E-state index contributed by atoms with van der Waals surface area (Å²) in [5.74, 6) is -0.207. The lowest BCUT2D eigenvalue weighted by molar-refractivity contribution is -0.739. The van der Waals surface area contributed by atoms with Gasteiger partial charge < -0.3 is 10.1 Å². The molecule has 0 spiro atoms. The Labute approximate surface area is 103 Å². The number of carbonyl (C=O) groups excluding carboxylic acids is 1. The number of nitrogens with two attached hydrogens (primary N) is 1. The molecule has 1 aromatic carbocycles. The number of carbonyl (C=O) groups is 1. The van der Waals surface area contributed by atoms with Crippen LogP contribution in [-0.4, -0.2) is 24.7 Å². The van der Waals surface area contributed by atoms with Crippen LogP contribution in [0.25, 0.3) is 0 Å². The molecule has 1 fully saturated rings. The Balaban J connectivity index is 1.99. The quantitative estimate of drug-likeness (QED) is 0.665. The molecule has 2 rings (SSSR count). The van der Waals surface area contributed by atoms with Gasteiger partial charge in [-0.1, -0.05) is 46.3 Å². The molecule has 3 nitrogen and oxygen atoms in total. The van der Waals surface area contributed by atoms with Crippen LogP contribution < -0.4 is 5.32 Å². The lowest BCUT2D eigenvalue weighted by Gasteiger charge is -2.34. The zero-order valence-corrected chi connectivity index (χ0v) is 10.7. The predicted molar refractivity (Wildman–Crippen MR) is 64.3 cm³/mol. The van der Waals surface area contributed by atoms with Crippen LogP contribution in [0.4, 0.5) is 0 Å². The average Bonchev–Trinajstić information content (AvgIpc) is 2.27. The minimum Gasteiger partial charge on any atom is -0.446 e. The first kappa shape index (κ1) is 11.6. The van der Waals surface area contributed by atoms with Crippen molar-refractivity contribution in [1.29, 1.82) is 0 Å². The van der Waals surface area contributed by atoms with Gasteiger partial charge in [-0.25, -0.2) is 0 Å². The summed E-state index contributed by atoms with van der Waals surface area (Å²) in [6.45, 7) is 3.68. The van der Waals surface area contributed by atoms with Crippen molar-refractivity contribution in [3.63, 3.8) is 0 Å². The molecule has 1 unspecified atom stereocenters. The van der Waals surface area contributed by atoms with Crippen molar-refractivity contribution < 1.29 is 14.8 Å². The van der Waals surface area contributed by atoms with E-state index in [2.05, 4.69) is 21.2 Å². The van der Waals surface area contributed by atoms with Crippen molar-refractivity contribution >= 4 is 21.9 Å². The second kappa shape index (κ2) is 4.55. The van der Waals surface area contributed by atoms with E-state index in [-0.39, 0.29) is 16.4 Å². The average molecular weight is 285 g/mol. The Morgan fingerprint density at radius 2 is 2.06 bits per heavy atom. The Hall–Kier alpha value is -0.870. The van der Waals surface area contributed by atoms with Gasteiger partial charge >= 0.3 is 5.97 Å². The zero-order chi connectivity index (χ0) is 11.6. The van der Waals surface area contributed by atoms with Crippen LogP contribution in [0, 0.1) is 0 Å². The van der Waals surface area contributed by atoms with Gasteiger partial charge in [0, 0.05) is 0 Å². The first-order valence-corrected chi connectivity index (χ1v) is 6.26. The van der Waals surface area contributed by atoms with E-state index in [0.29, 0.717) is 0 Å². The van der Waals surface area contributed by atoms with Crippen LogP contribution in [-0.2, 0) is 9.53 Å². The van der Waals surface area contributed by atoms with Crippen molar-refractivity contribution in [2.45, 2.75) is 17.4 Å². The summed E-state index contributed by atoms with van der Waals surface area (Å²) >= 11 is 3.37. The zero-order valence-electron chi connectivity index (χ0n) is 9.15. The van der Waals surface area contributed by atoms with E-state index in [1.54, 1.807) is 0 Å². The molecule has 4 heteroatoms. The van der Waals surface area contributed by atoms with Gasteiger partial charge in [-0.05, 0) is 12.5 Å². The summed E-state index contributed by atoms with van der Waals surface area (Å²) in [5.41, 5.74) is 0.650. The van der Waals surface area contributed by atoms with Crippen molar-refractivity contribution in [2.24, 2.45) is 0 Å². The molecule has 1 atom stereocenters. The fraction of sp³-hybridized carbons (Fsp3) is 0.417. The van der Waals surface area contributed by atoms with Gasteiger partial charge in [0.05, 0.1) is 0 Å². The number of alkyl halides is 1. The van der Waals surface area contributed by atoms with Gasteiger partial charge in [-0.15, -0.1) is 0 Å². The molecule has 86 valence electrons. The van der Waals surface area contributed by atoms with E-state index >= 15 is 0 Å². The van der Waals surface area contributed by atoms with E-state index in [9.17, 15) is 4.79 Å². The number of ether oxygens (including phenoxy) is 1. The van der Waals surface area contributed by atoms with Gasteiger partial charge in [0.25, 0.3) is 0 Å². The molecule has 1 aliphatic heterocycles. The van der Waals surface area contributed by atoms with Gasteiger partial charge in [0.15, 0.2) is 0 Å². The van der Waals surface area contributed by atoms with Gasteiger partial charge in [0.1, 0.15) is 17.9 Å². The van der Waals surface area contributed by atoms with Crippen LogP contribution in [0.2, 0.25) is 0 Å². The van der Waals surface area contributed by atoms with Crippen LogP contribution in [0.1, 0.15) is 17.3 Å². The lowest BCUT2D eigenvalue weighted by atomic mass is 10.00. The standard InChI is InChI=1S/C12H14BrNO2/c1-12(7-14-8-12)16-11(15)10(13)9-5-3-2-4-6-9/h2-6,10,14H,7-8H2,1H3/p+1. The molecule has 1 aliphatic rings. The van der Waals surface area contributed by atoms with Crippen molar-refractivity contribution in [3.8, 4) is 0 Å². The van der Waals surface area contributed by atoms with Crippen LogP contribution in [0.5, 0.6) is 0 Å². The molecule has 0 bridgehead atoms. The van der Waals surface area contributed by atoms with Crippen LogP contribution in [0.3, 0.4) is 0 Å². The highest BCUT2D eigenvalue weighted by molar-refractivity contribution is 9.09. The maximum Gasteiger partial charge on any atom is 0.325 e. The van der Waals surface area contributed by atoms with E-state index < -0.39 is 0 Å². The summed E-state index contributed by atoms with van der Waals surface area (Å²) in [4.78, 5) is 11.5. The third-order valence-electron chi connectivity index (χ3n) is 2.80. The number of esters is 1. The molecular formula is C12H15BrNO2+. The first-order chi connectivity index (χ1) is 7.61. The molecule has 0 saturated carbocycles. The highest BCUT2D eigenvalue weighted by Gasteiger charge is 2.41. The molecular weight excluding hydrogens is 270 g/mol. The fourth-order valence-corrected chi connectivity index (χ4v) is 2.09. The largest absolute Gasteiger partial charge is 0.446 e. The third-order valence-corrected chi connectivity index (χ3v) is 3.70. The molecule has 1 saturated heterocycles. The Morgan fingerprint density at radius 1 is 1.44 bits per heavy atom. The van der Waals surface area contributed by atoms with Gasteiger partial charge in [-0.3, -0.25) is 4.79 Å². The lowest BCUT2D eigenvalue weighted by Crippen LogP contribution is -3.02. The Kier molecular flexibility index (Phi) is 3.30. The summed E-state index contributed by atoms with van der Waals surface area (Å²) in [6.07, 6.45) is 0. The van der Waals surface area contributed by atoms with Crippen molar-refractivity contribution in [1.82, 2.24) is 0 Å². The number of hydrogen-bond acceptors (Lipinski definition) is 2. The smallest absolute Gasteiger partial charge is 0.325 e. The van der Waals surface area contributed by atoms with E-state index in [4.69, 9.17) is 4.74 Å². The summed E-state index contributed by atoms with van der Waals surface area (Å²) in [5, 5.41) is 2.12. The number of halogens is 1. The van der Waals surface area contributed by atoms with Crippen LogP contribution >= 0.6 is 15.9 Å². The van der Waals surface area contributed by atoms with Crippen LogP contribution in [0.15, 0.2) is 30.3 Å². The second-order valence-electron chi connectivity index (χ2n) is 4.34. The molecule has 0 aliphatic carbocycles. The third kappa shape index (κ3) is 2.44. The molecule has 2 N–H and O–H groups in total. The molecule has 0 aromatic heterocycles. The van der Waals surface area contributed by atoms with Crippen molar-refractivity contribution in [2.75, 3.05) is 13.1 Å².